The van der Waals surface area contributed by atoms with Crippen molar-refractivity contribution in [2.24, 2.45) is 0 Å². The second-order valence-corrected chi connectivity index (χ2v) is 2.81. The molecule has 0 aromatic heterocycles. The summed E-state index contributed by atoms with van der Waals surface area (Å²) in [6.07, 6.45) is 7.77. The molecule has 11 heavy (non-hydrogen) atoms. The molecular formula is C9H17N2+. The van der Waals surface area contributed by atoms with Crippen LogP contribution in [0.5, 0.6) is 0 Å². The van der Waals surface area contributed by atoms with Crippen LogP contribution >= 0.6 is 0 Å². The SMILES string of the molecule is CCCN1C=C[N+](CC)=CC1. The first-order valence-corrected chi connectivity index (χ1v) is 4.38. The Morgan fingerprint density at radius 2 is 2.27 bits per heavy atom. The molecule has 0 N–H and O–H groups in total. The minimum atomic E-state index is 1.07. The van der Waals surface area contributed by atoms with E-state index in [2.05, 4.69) is 41.9 Å². The molecule has 2 nitrogen and oxygen atoms in total. The summed E-state index contributed by atoms with van der Waals surface area (Å²) >= 11 is 0. The molecule has 0 aliphatic carbocycles. The van der Waals surface area contributed by atoms with Crippen LogP contribution in [-0.4, -0.2) is 35.3 Å². The predicted molar refractivity (Wildman–Crippen MR) is 47.9 cm³/mol. The first-order chi connectivity index (χ1) is 5.36. The van der Waals surface area contributed by atoms with Crippen LogP contribution in [0.3, 0.4) is 0 Å². The Morgan fingerprint density at radius 1 is 1.45 bits per heavy atom. The average Bonchev–Trinajstić information content (AvgIpc) is 2.07. The third-order valence-electron chi connectivity index (χ3n) is 1.90. The van der Waals surface area contributed by atoms with Gasteiger partial charge in [-0.3, -0.25) is 0 Å². The van der Waals surface area contributed by atoms with Gasteiger partial charge in [0, 0.05) is 6.54 Å². The highest BCUT2D eigenvalue weighted by atomic mass is 15.2. The first kappa shape index (κ1) is 8.31. The minimum Gasteiger partial charge on any atom is -0.363 e. The van der Waals surface area contributed by atoms with Crippen molar-refractivity contribution in [3.05, 3.63) is 12.4 Å². The van der Waals surface area contributed by atoms with Crippen molar-refractivity contribution in [3.8, 4) is 0 Å². The van der Waals surface area contributed by atoms with Gasteiger partial charge in [0.15, 0.2) is 12.4 Å². The molecule has 0 spiro atoms. The van der Waals surface area contributed by atoms with Gasteiger partial charge in [-0.2, -0.15) is 0 Å². The summed E-state index contributed by atoms with van der Waals surface area (Å²) in [4.78, 5) is 2.33. The van der Waals surface area contributed by atoms with Gasteiger partial charge in [0.05, 0.1) is 12.7 Å². The molecule has 2 heteroatoms. The molecule has 1 aliphatic rings. The first-order valence-electron chi connectivity index (χ1n) is 4.38. The molecule has 0 bridgehead atoms. The van der Waals surface area contributed by atoms with E-state index in [0.29, 0.717) is 0 Å². The number of nitrogens with zero attached hydrogens (tertiary/aromatic N) is 2. The molecule has 0 aromatic carbocycles. The van der Waals surface area contributed by atoms with E-state index >= 15 is 0 Å². The molecule has 1 aliphatic heterocycles. The van der Waals surface area contributed by atoms with E-state index in [4.69, 9.17) is 0 Å². The van der Waals surface area contributed by atoms with Crippen molar-refractivity contribution in [3.63, 3.8) is 0 Å². The Balaban J connectivity index is 2.37. The highest BCUT2D eigenvalue weighted by Gasteiger charge is 2.05. The van der Waals surface area contributed by atoms with Gasteiger partial charge in [0.1, 0.15) is 6.54 Å². The van der Waals surface area contributed by atoms with E-state index in [1.807, 2.05) is 0 Å². The van der Waals surface area contributed by atoms with Crippen LogP contribution in [0.1, 0.15) is 20.3 Å². The third-order valence-corrected chi connectivity index (χ3v) is 1.90. The van der Waals surface area contributed by atoms with Gasteiger partial charge < -0.3 is 4.90 Å². The molecule has 1 rings (SSSR count). The van der Waals surface area contributed by atoms with Gasteiger partial charge in [-0.25, -0.2) is 4.58 Å². The lowest BCUT2D eigenvalue weighted by Crippen LogP contribution is -2.27. The van der Waals surface area contributed by atoms with Gasteiger partial charge in [0.25, 0.3) is 0 Å². The Bertz CT molecular complexity index is 170. The maximum atomic E-state index is 2.33. The van der Waals surface area contributed by atoms with Crippen LogP contribution < -0.4 is 0 Å². The Hall–Kier alpha value is -0.790. The van der Waals surface area contributed by atoms with Gasteiger partial charge in [-0.1, -0.05) is 6.92 Å². The van der Waals surface area contributed by atoms with Crippen molar-refractivity contribution < 1.29 is 4.58 Å². The van der Waals surface area contributed by atoms with Crippen molar-refractivity contribution in [1.29, 1.82) is 0 Å². The molecule has 0 radical (unpaired) electrons. The molecule has 0 amide bonds. The molecule has 62 valence electrons. The summed E-state index contributed by atoms with van der Waals surface area (Å²) in [6, 6.07) is 0. The molecule has 0 atom stereocenters. The maximum absolute atomic E-state index is 2.33. The highest BCUT2D eigenvalue weighted by molar-refractivity contribution is 5.55. The van der Waals surface area contributed by atoms with Crippen molar-refractivity contribution in [2.45, 2.75) is 20.3 Å². The van der Waals surface area contributed by atoms with E-state index in [9.17, 15) is 0 Å². The lowest BCUT2D eigenvalue weighted by atomic mass is 10.4. The number of hydrogen-bond donors (Lipinski definition) is 0. The Morgan fingerprint density at radius 3 is 2.73 bits per heavy atom. The van der Waals surface area contributed by atoms with Crippen molar-refractivity contribution in [2.75, 3.05) is 19.6 Å². The number of hydrogen-bond acceptors (Lipinski definition) is 1. The molecular weight excluding hydrogens is 136 g/mol. The van der Waals surface area contributed by atoms with Crippen LogP contribution in [0.2, 0.25) is 0 Å². The molecule has 1 heterocycles. The lowest BCUT2D eigenvalue weighted by molar-refractivity contribution is -0.452. The van der Waals surface area contributed by atoms with E-state index in [-0.39, 0.29) is 0 Å². The fourth-order valence-electron chi connectivity index (χ4n) is 1.20. The summed E-state index contributed by atoms with van der Waals surface area (Å²) in [5.74, 6) is 0. The Labute approximate surface area is 68.8 Å². The van der Waals surface area contributed by atoms with Crippen LogP contribution in [0.15, 0.2) is 12.4 Å². The molecule has 0 fully saturated rings. The fraction of sp³-hybridized carbons (Fsp3) is 0.667. The summed E-state index contributed by atoms with van der Waals surface area (Å²) in [5.41, 5.74) is 0. The van der Waals surface area contributed by atoms with Gasteiger partial charge >= 0.3 is 0 Å². The fourth-order valence-corrected chi connectivity index (χ4v) is 1.20. The molecule has 0 aromatic rings. The Kier molecular flexibility index (Phi) is 3.14. The van der Waals surface area contributed by atoms with Crippen LogP contribution in [0.25, 0.3) is 0 Å². The summed E-state index contributed by atoms with van der Waals surface area (Å²) in [7, 11) is 0. The van der Waals surface area contributed by atoms with Gasteiger partial charge in [-0.05, 0) is 13.3 Å². The molecule has 0 unspecified atom stereocenters. The largest absolute Gasteiger partial charge is 0.363 e. The quantitative estimate of drug-likeness (QED) is 0.554. The summed E-state index contributed by atoms with van der Waals surface area (Å²) in [5, 5.41) is 0. The zero-order valence-electron chi connectivity index (χ0n) is 7.45. The van der Waals surface area contributed by atoms with Crippen molar-refractivity contribution in [1.82, 2.24) is 4.90 Å². The normalized spacial score (nSPS) is 16.9. The highest BCUT2D eigenvalue weighted by Crippen LogP contribution is 1.95. The third kappa shape index (κ3) is 2.37. The van der Waals surface area contributed by atoms with Crippen LogP contribution in [0, 0.1) is 0 Å². The summed E-state index contributed by atoms with van der Waals surface area (Å²) < 4.78 is 2.21. The predicted octanol–water partition coefficient (Wildman–Crippen LogP) is 1.29. The summed E-state index contributed by atoms with van der Waals surface area (Å²) in [6.45, 7) is 7.69. The topological polar surface area (TPSA) is 6.25 Å². The average molecular weight is 153 g/mol. The van der Waals surface area contributed by atoms with E-state index in [0.717, 1.165) is 13.1 Å². The van der Waals surface area contributed by atoms with Crippen molar-refractivity contribution >= 4 is 6.21 Å². The maximum Gasteiger partial charge on any atom is 0.184 e. The minimum absolute atomic E-state index is 1.07. The van der Waals surface area contributed by atoms with Crippen LogP contribution in [-0.2, 0) is 0 Å². The monoisotopic (exact) mass is 153 g/mol. The molecule has 0 saturated heterocycles. The van der Waals surface area contributed by atoms with E-state index in [1.54, 1.807) is 0 Å². The number of rotatable bonds is 3. The van der Waals surface area contributed by atoms with Gasteiger partial charge in [0.2, 0.25) is 0 Å². The smallest absolute Gasteiger partial charge is 0.184 e. The zero-order chi connectivity index (χ0) is 8.10. The second kappa shape index (κ2) is 4.16. The second-order valence-electron chi connectivity index (χ2n) is 2.81. The van der Waals surface area contributed by atoms with E-state index < -0.39 is 0 Å². The standard InChI is InChI=1S/C9H17N2/c1-3-5-11-8-6-10(4-2)7-9-11/h6-8H,3-5,9H2,1-2H3/q+1. The van der Waals surface area contributed by atoms with E-state index in [1.165, 1.54) is 13.0 Å². The van der Waals surface area contributed by atoms with Gasteiger partial charge in [-0.15, -0.1) is 0 Å². The van der Waals surface area contributed by atoms with Crippen LogP contribution in [0.4, 0.5) is 0 Å². The zero-order valence-corrected chi connectivity index (χ0v) is 7.45. The molecule has 0 saturated carbocycles. The lowest BCUT2D eigenvalue weighted by Gasteiger charge is -2.17.